The van der Waals surface area contributed by atoms with Gasteiger partial charge < -0.3 is 9.15 Å². The molecule has 2 heterocycles. The fourth-order valence-corrected chi connectivity index (χ4v) is 5.04. The second-order valence-corrected chi connectivity index (χ2v) is 10.5. The number of carbonyl (C=O) groups is 1. The number of aromatic nitrogens is 2. The minimum Gasteiger partial charge on any atom is -0.403 e. The predicted molar refractivity (Wildman–Crippen MR) is 125 cm³/mol. The van der Waals surface area contributed by atoms with Crippen molar-refractivity contribution in [3.8, 4) is 11.5 Å². The summed E-state index contributed by atoms with van der Waals surface area (Å²) < 4.78 is 37.9. The molecular weight excluding hydrogens is 464 g/mol. The maximum atomic E-state index is 12.8. The zero-order chi connectivity index (χ0) is 23.4. The van der Waals surface area contributed by atoms with Crippen molar-refractivity contribution in [1.82, 2.24) is 14.5 Å². The fourth-order valence-electron chi connectivity index (χ4n) is 3.42. The lowest BCUT2D eigenvalue weighted by molar-refractivity contribution is 0.0979. The summed E-state index contributed by atoms with van der Waals surface area (Å²) >= 11 is 1.63. The van der Waals surface area contributed by atoms with Crippen molar-refractivity contribution in [2.24, 2.45) is 0 Å². The molecule has 1 aliphatic rings. The summed E-state index contributed by atoms with van der Waals surface area (Å²) in [5.74, 6) is -0.201. The summed E-state index contributed by atoms with van der Waals surface area (Å²) in [6, 6.07) is 13.3. The van der Waals surface area contributed by atoms with E-state index in [4.69, 9.17) is 9.15 Å². The fraction of sp³-hybridized carbons (Fsp3) is 0.318. The number of likely N-dealkylation sites (N-methyl/N-ethyl adjacent to an activating group) is 1. The second kappa shape index (κ2) is 10.0. The third-order valence-electron chi connectivity index (χ3n) is 5.29. The van der Waals surface area contributed by atoms with Gasteiger partial charge in [0, 0.05) is 36.2 Å². The predicted octanol–water partition coefficient (Wildman–Crippen LogP) is 3.51. The molecule has 3 aromatic rings. The monoisotopic (exact) mass is 488 g/mol. The van der Waals surface area contributed by atoms with Crippen LogP contribution in [0.2, 0.25) is 0 Å². The molecule has 2 aromatic carbocycles. The van der Waals surface area contributed by atoms with Gasteiger partial charge in [0.2, 0.25) is 15.9 Å². The standard InChI is InChI=1S/C22H24N4O5S2/c1-26(14-17-4-3-13-30-17)33(28,29)19-11-7-15(8-12-19)20(27)23-22-25-24-21(31-22)16-5-9-18(32-2)10-6-16/h5-12,17H,3-4,13-14H2,1-2H3,(H,23,25,27). The minimum absolute atomic E-state index is 0.0445. The van der Waals surface area contributed by atoms with Crippen LogP contribution in [0.5, 0.6) is 0 Å². The van der Waals surface area contributed by atoms with E-state index < -0.39 is 15.9 Å². The van der Waals surface area contributed by atoms with E-state index in [1.165, 1.54) is 35.6 Å². The van der Waals surface area contributed by atoms with Crippen molar-refractivity contribution in [1.29, 1.82) is 0 Å². The van der Waals surface area contributed by atoms with Crippen LogP contribution in [0.1, 0.15) is 23.2 Å². The van der Waals surface area contributed by atoms with Crippen LogP contribution in [0.15, 0.2) is 62.7 Å². The number of carbonyl (C=O) groups excluding carboxylic acids is 1. The number of sulfonamides is 1. The Morgan fingerprint density at radius 2 is 1.88 bits per heavy atom. The van der Waals surface area contributed by atoms with Crippen LogP contribution in [0, 0.1) is 0 Å². The van der Waals surface area contributed by atoms with Gasteiger partial charge in [0.05, 0.1) is 11.0 Å². The van der Waals surface area contributed by atoms with E-state index in [-0.39, 0.29) is 28.5 Å². The Hall–Kier alpha value is -2.73. The van der Waals surface area contributed by atoms with Gasteiger partial charge in [0.25, 0.3) is 5.91 Å². The summed E-state index contributed by atoms with van der Waals surface area (Å²) in [6.07, 6.45) is 3.69. The van der Waals surface area contributed by atoms with Gasteiger partial charge in [-0.25, -0.2) is 8.42 Å². The Kier molecular flexibility index (Phi) is 7.13. The van der Waals surface area contributed by atoms with Crippen molar-refractivity contribution in [3.05, 3.63) is 54.1 Å². The first-order valence-corrected chi connectivity index (χ1v) is 13.0. The molecule has 11 heteroatoms. The number of benzene rings is 2. The number of thioether (sulfide) groups is 1. The van der Waals surface area contributed by atoms with Gasteiger partial charge in [-0.2, -0.15) is 4.31 Å². The molecule has 174 valence electrons. The molecule has 0 saturated carbocycles. The van der Waals surface area contributed by atoms with E-state index in [1.54, 1.807) is 11.8 Å². The van der Waals surface area contributed by atoms with Gasteiger partial charge in [-0.3, -0.25) is 10.1 Å². The van der Waals surface area contributed by atoms with Crippen LogP contribution in [-0.4, -0.2) is 61.4 Å². The summed E-state index contributed by atoms with van der Waals surface area (Å²) in [5.41, 5.74) is 1.00. The van der Waals surface area contributed by atoms with Gasteiger partial charge in [0.15, 0.2) is 0 Å². The first-order chi connectivity index (χ1) is 15.9. The zero-order valence-corrected chi connectivity index (χ0v) is 19.9. The summed E-state index contributed by atoms with van der Waals surface area (Å²) in [4.78, 5) is 13.8. The first-order valence-electron chi connectivity index (χ1n) is 10.3. The molecule has 1 saturated heterocycles. The van der Waals surface area contributed by atoms with Crippen molar-refractivity contribution < 1.29 is 22.4 Å². The third-order valence-corrected chi connectivity index (χ3v) is 7.87. The highest BCUT2D eigenvalue weighted by Gasteiger charge is 2.26. The van der Waals surface area contributed by atoms with E-state index >= 15 is 0 Å². The number of amides is 1. The Balaban J connectivity index is 1.40. The average Bonchev–Trinajstić information content (AvgIpc) is 3.51. The molecule has 0 radical (unpaired) electrons. The highest BCUT2D eigenvalue weighted by atomic mass is 32.2. The lowest BCUT2D eigenvalue weighted by atomic mass is 10.2. The number of rotatable bonds is 8. The maximum absolute atomic E-state index is 12.8. The molecule has 9 nitrogen and oxygen atoms in total. The van der Waals surface area contributed by atoms with Crippen LogP contribution in [-0.2, 0) is 14.8 Å². The molecule has 1 aromatic heterocycles. The Bertz CT molecular complexity index is 1200. The average molecular weight is 489 g/mol. The Morgan fingerprint density at radius 3 is 2.52 bits per heavy atom. The molecule has 0 spiro atoms. The van der Waals surface area contributed by atoms with E-state index in [1.807, 2.05) is 30.5 Å². The van der Waals surface area contributed by atoms with Crippen LogP contribution in [0.4, 0.5) is 6.01 Å². The number of nitrogens with zero attached hydrogens (tertiary/aromatic N) is 3. The number of ether oxygens (including phenoxy) is 1. The molecule has 0 bridgehead atoms. The number of hydrogen-bond acceptors (Lipinski definition) is 8. The van der Waals surface area contributed by atoms with E-state index in [0.29, 0.717) is 13.2 Å². The normalized spacial score (nSPS) is 16.3. The maximum Gasteiger partial charge on any atom is 0.322 e. The largest absolute Gasteiger partial charge is 0.403 e. The number of hydrogen-bond donors (Lipinski definition) is 1. The summed E-state index contributed by atoms with van der Waals surface area (Å²) in [5, 5.41) is 10.4. The van der Waals surface area contributed by atoms with Crippen molar-refractivity contribution in [3.63, 3.8) is 0 Å². The van der Waals surface area contributed by atoms with E-state index in [0.717, 1.165) is 23.3 Å². The zero-order valence-electron chi connectivity index (χ0n) is 18.2. The quantitative estimate of drug-likeness (QED) is 0.479. The number of nitrogens with one attached hydrogen (secondary N) is 1. The molecule has 1 amide bonds. The van der Waals surface area contributed by atoms with Crippen molar-refractivity contribution >= 4 is 33.7 Å². The van der Waals surface area contributed by atoms with Crippen LogP contribution >= 0.6 is 11.8 Å². The minimum atomic E-state index is -3.68. The van der Waals surface area contributed by atoms with Gasteiger partial charge in [-0.05, 0) is 67.6 Å². The van der Waals surface area contributed by atoms with Crippen LogP contribution < -0.4 is 5.32 Å². The smallest absolute Gasteiger partial charge is 0.322 e. The van der Waals surface area contributed by atoms with E-state index in [9.17, 15) is 13.2 Å². The van der Waals surface area contributed by atoms with Crippen LogP contribution in [0.3, 0.4) is 0 Å². The van der Waals surface area contributed by atoms with Gasteiger partial charge >= 0.3 is 6.01 Å². The molecule has 1 atom stereocenters. The Morgan fingerprint density at radius 1 is 1.15 bits per heavy atom. The SMILES string of the molecule is CSc1ccc(-c2nnc(NC(=O)c3ccc(S(=O)(=O)N(C)CC4CCCO4)cc3)o2)cc1. The third kappa shape index (κ3) is 5.44. The Labute approximate surface area is 196 Å². The molecular formula is C22H24N4O5S2. The summed E-state index contributed by atoms with van der Waals surface area (Å²) in [6.45, 7) is 0.957. The summed E-state index contributed by atoms with van der Waals surface area (Å²) in [7, 11) is -2.15. The van der Waals surface area contributed by atoms with Crippen molar-refractivity contribution in [2.75, 3.05) is 31.8 Å². The van der Waals surface area contributed by atoms with Crippen LogP contribution in [0.25, 0.3) is 11.5 Å². The second-order valence-electron chi connectivity index (χ2n) is 7.54. The molecule has 1 unspecified atom stereocenters. The lowest BCUT2D eigenvalue weighted by Crippen LogP contribution is -2.34. The van der Waals surface area contributed by atoms with Gasteiger partial charge in [-0.15, -0.1) is 16.9 Å². The van der Waals surface area contributed by atoms with E-state index in [2.05, 4.69) is 15.5 Å². The highest BCUT2D eigenvalue weighted by Crippen LogP contribution is 2.24. The lowest BCUT2D eigenvalue weighted by Gasteiger charge is -2.20. The molecule has 1 N–H and O–H groups in total. The van der Waals surface area contributed by atoms with Gasteiger partial charge in [0.1, 0.15) is 0 Å². The van der Waals surface area contributed by atoms with Gasteiger partial charge in [-0.1, -0.05) is 5.10 Å². The molecule has 33 heavy (non-hydrogen) atoms. The molecule has 1 aliphatic heterocycles. The molecule has 1 fully saturated rings. The number of anilines is 1. The first kappa shape index (κ1) is 23.4. The molecule has 0 aliphatic carbocycles. The van der Waals surface area contributed by atoms with Crippen molar-refractivity contribution in [2.45, 2.75) is 28.7 Å². The topological polar surface area (TPSA) is 115 Å². The highest BCUT2D eigenvalue weighted by molar-refractivity contribution is 7.98. The molecule has 4 rings (SSSR count).